The summed E-state index contributed by atoms with van der Waals surface area (Å²) in [5, 5.41) is 4.46. The van der Waals surface area contributed by atoms with E-state index in [9.17, 15) is 0 Å². The molecule has 0 bridgehead atoms. The van der Waals surface area contributed by atoms with Crippen LogP contribution in [-0.4, -0.2) is 17.4 Å². The second-order valence-electron chi connectivity index (χ2n) is 5.30. The maximum atomic E-state index is 5.75. The van der Waals surface area contributed by atoms with Crippen molar-refractivity contribution in [1.82, 2.24) is 4.98 Å². The Bertz CT molecular complexity index is 474. The third-order valence-corrected chi connectivity index (χ3v) is 4.26. The zero-order valence-corrected chi connectivity index (χ0v) is 12.4. The minimum Gasteiger partial charge on any atom is -0.361 e. The van der Waals surface area contributed by atoms with Gasteiger partial charge < -0.3 is 5.32 Å². The standard InChI is InChI=1S/C14H19ClN2S/c1-14(2,8-5-9-15)10-16-13-17-11-6-3-4-7-12(11)18-13/h3-4,6-7H,5,8-10H2,1-2H3,(H,16,17). The Morgan fingerprint density at radius 1 is 1.33 bits per heavy atom. The highest BCUT2D eigenvalue weighted by Crippen LogP contribution is 2.28. The number of hydrogen-bond donors (Lipinski definition) is 1. The van der Waals surface area contributed by atoms with Gasteiger partial charge in [0.05, 0.1) is 10.2 Å². The fourth-order valence-electron chi connectivity index (χ4n) is 1.90. The van der Waals surface area contributed by atoms with E-state index in [4.69, 9.17) is 11.6 Å². The second kappa shape index (κ2) is 5.89. The first-order chi connectivity index (χ1) is 8.61. The van der Waals surface area contributed by atoms with E-state index in [2.05, 4.69) is 42.3 Å². The molecule has 18 heavy (non-hydrogen) atoms. The maximum absolute atomic E-state index is 5.75. The molecule has 0 atom stereocenters. The van der Waals surface area contributed by atoms with Gasteiger partial charge in [0.2, 0.25) is 0 Å². The molecule has 0 aliphatic heterocycles. The molecule has 0 radical (unpaired) electrons. The summed E-state index contributed by atoms with van der Waals surface area (Å²) in [6.07, 6.45) is 2.20. The van der Waals surface area contributed by atoms with Crippen LogP contribution in [0.1, 0.15) is 26.7 Å². The molecule has 1 aromatic carbocycles. The van der Waals surface area contributed by atoms with Crippen molar-refractivity contribution in [3.8, 4) is 0 Å². The molecule has 98 valence electrons. The summed E-state index contributed by atoms with van der Waals surface area (Å²) in [4.78, 5) is 4.58. The van der Waals surface area contributed by atoms with Gasteiger partial charge in [-0.1, -0.05) is 37.3 Å². The SMILES string of the molecule is CC(C)(CCCCl)CNc1nc2ccccc2s1. The summed E-state index contributed by atoms with van der Waals surface area (Å²) in [5.74, 6) is 0.741. The molecule has 0 aliphatic carbocycles. The Morgan fingerprint density at radius 3 is 2.83 bits per heavy atom. The topological polar surface area (TPSA) is 24.9 Å². The van der Waals surface area contributed by atoms with E-state index in [1.807, 2.05) is 6.07 Å². The molecule has 1 N–H and O–H groups in total. The molecule has 2 nitrogen and oxygen atoms in total. The van der Waals surface area contributed by atoms with Crippen molar-refractivity contribution in [2.24, 2.45) is 5.41 Å². The lowest BCUT2D eigenvalue weighted by Gasteiger charge is -2.24. The summed E-state index contributed by atoms with van der Waals surface area (Å²) in [6.45, 7) is 5.46. The minimum absolute atomic E-state index is 0.257. The molecular weight excluding hydrogens is 264 g/mol. The van der Waals surface area contributed by atoms with Crippen molar-refractivity contribution in [3.63, 3.8) is 0 Å². The molecule has 0 spiro atoms. The zero-order valence-electron chi connectivity index (χ0n) is 10.9. The lowest BCUT2D eigenvalue weighted by atomic mass is 9.88. The summed E-state index contributed by atoms with van der Waals surface area (Å²) in [5.41, 5.74) is 1.33. The van der Waals surface area contributed by atoms with E-state index in [0.29, 0.717) is 0 Å². The van der Waals surface area contributed by atoms with Crippen LogP contribution in [-0.2, 0) is 0 Å². The molecule has 0 saturated carbocycles. The summed E-state index contributed by atoms with van der Waals surface area (Å²) in [7, 11) is 0. The number of halogens is 1. The highest BCUT2D eigenvalue weighted by atomic mass is 35.5. The first-order valence-electron chi connectivity index (χ1n) is 6.26. The summed E-state index contributed by atoms with van der Waals surface area (Å²) >= 11 is 7.46. The van der Waals surface area contributed by atoms with Crippen molar-refractivity contribution in [2.45, 2.75) is 26.7 Å². The van der Waals surface area contributed by atoms with Gasteiger partial charge in [-0.3, -0.25) is 0 Å². The summed E-state index contributed by atoms with van der Waals surface area (Å²) < 4.78 is 1.23. The van der Waals surface area contributed by atoms with Crippen LogP contribution in [0.4, 0.5) is 5.13 Å². The van der Waals surface area contributed by atoms with Crippen LogP contribution in [0.2, 0.25) is 0 Å². The van der Waals surface area contributed by atoms with Crippen LogP contribution in [0.3, 0.4) is 0 Å². The van der Waals surface area contributed by atoms with Gasteiger partial charge in [0, 0.05) is 12.4 Å². The molecule has 4 heteroatoms. The average molecular weight is 283 g/mol. The normalized spacial score (nSPS) is 11.9. The van der Waals surface area contributed by atoms with Gasteiger partial charge in [-0.25, -0.2) is 4.98 Å². The fourth-order valence-corrected chi connectivity index (χ4v) is 2.89. The van der Waals surface area contributed by atoms with Gasteiger partial charge in [0.25, 0.3) is 0 Å². The predicted molar refractivity (Wildman–Crippen MR) is 81.8 cm³/mol. The number of nitrogens with one attached hydrogen (secondary N) is 1. The molecule has 2 aromatic rings. The van der Waals surface area contributed by atoms with E-state index in [1.165, 1.54) is 4.70 Å². The number of hydrogen-bond acceptors (Lipinski definition) is 3. The van der Waals surface area contributed by atoms with Crippen LogP contribution in [0.25, 0.3) is 10.2 Å². The maximum Gasteiger partial charge on any atom is 0.183 e. The monoisotopic (exact) mass is 282 g/mol. The van der Waals surface area contributed by atoms with Crippen molar-refractivity contribution in [3.05, 3.63) is 24.3 Å². The van der Waals surface area contributed by atoms with Crippen LogP contribution < -0.4 is 5.32 Å². The number of anilines is 1. The van der Waals surface area contributed by atoms with Gasteiger partial charge >= 0.3 is 0 Å². The van der Waals surface area contributed by atoms with Gasteiger partial charge in [0.1, 0.15) is 0 Å². The first kappa shape index (κ1) is 13.6. The third-order valence-electron chi connectivity index (χ3n) is 3.00. The Labute approximate surface area is 117 Å². The lowest BCUT2D eigenvalue weighted by Crippen LogP contribution is -2.23. The number of aromatic nitrogens is 1. The number of benzene rings is 1. The van der Waals surface area contributed by atoms with E-state index in [1.54, 1.807) is 11.3 Å². The van der Waals surface area contributed by atoms with Crippen LogP contribution in [0.5, 0.6) is 0 Å². The smallest absolute Gasteiger partial charge is 0.183 e. The van der Waals surface area contributed by atoms with Crippen molar-refractivity contribution in [1.29, 1.82) is 0 Å². The fraction of sp³-hybridized carbons (Fsp3) is 0.500. The molecule has 0 amide bonds. The number of nitrogens with zero attached hydrogens (tertiary/aromatic N) is 1. The van der Waals surface area contributed by atoms with E-state index in [-0.39, 0.29) is 5.41 Å². The van der Waals surface area contributed by atoms with Crippen molar-refractivity contribution >= 4 is 38.3 Å². The largest absolute Gasteiger partial charge is 0.361 e. The number of para-hydroxylation sites is 1. The number of alkyl halides is 1. The lowest BCUT2D eigenvalue weighted by molar-refractivity contribution is 0.355. The van der Waals surface area contributed by atoms with E-state index >= 15 is 0 Å². The van der Waals surface area contributed by atoms with Gasteiger partial charge in [0.15, 0.2) is 5.13 Å². The molecule has 1 aromatic heterocycles. The van der Waals surface area contributed by atoms with Gasteiger partial charge in [-0.05, 0) is 30.4 Å². The Balaban J connectivity index is 1.97. The highest BCUT2D eigenvalue weighted by molar-refractivity contribution is 7.22. The van der Waals surface area contributed by atoms with E-state index < -0.39 is 0 Å². The molecule has 0 unspecified atom stereocenters. The Morgan fingerprint density at radius 2 is 2.11 bits per heavy atom. The zero-order chi connectivity index (χ0) is 13.0. The predicted octanol–water partition coefficient (Wildman–Crippen LogP) is 4.75. The van der Waals surface area contributed by atoms with E-state index in [0.717, 1.165) is 35.9 Å². The molecule has 0 aliphatic rings. The average Bonchev–Trinajstić information content (AvgIpc) is 2.77. The quantitative estimate of drug-likeness (QED) is 0.773. The minimum atomic E-state index is 0.257. The molecule has 0 saturated heterocycles. The Kier molecular flexibility index (Phi) is 4.46. The van der Waals surface area contributed by atoms with Crippen LogP contribution in [0.15, 0.2) is 24.3 Å². The molecule has 1 heterocycles. The molecule has 0 fully saturated rings. The molecular formula is C14H19ClN2S. The van der Waals surface area contributed by atoms with Gasteiger partial charge in [-0.2, -0.15) is 0 Å². The van der Waals surface area contributed by atoms with Gasteiger partial charge in [-0.15, -0.1) is 11.6 Å². The van der Waals surface area contributed by atoms with Crippen LogP contribution >= 0.6 is 22.9 Å². The number of rotatable bonds is 6. The number of thiazole rings is 1. The second-order valence-corrected chi connectivity index (χ2v) is 6.71. The first-order valence-corrected chi connectivity index (χ1v) is 7.61. The van der Waals surface area contributed by atoms with Crippen LogP contribution in [0, 0.1) is 5.41 Å². The number of fused-ring (bicyclic) bond motifs is 1. The third kappa shape index (κ3) is 3.59. The van der Waals surface area contributed by atoms with Crippen molar-refractivity contribution in [2.75, 3.05) is 17.7 Å². The van der Waals surface area contributed by atoms with Crippen molar-refractivity contribution < 1.29 is 0 Å². The Hall–Kier alpha value is -0.800. The highest BCUT2D eigenvalue weighted by Gasteiger charge is 2.17. The molecule has 2 rings (SSSR count). The summed E-state index contributed by atoms with van der Waals surface area (Å²) in [6, 6.07) is 8.23.